The Morgan fingerprint density at radius 3 is 2.07 bits per heavy atom. The minimum atomic E-state index is -4.57. The van der Waals surface area contributed by atoms with Crippen LogP contribution in [0.15, 0.2) is 62.5 Å². The van der Waals surface area contributed by atoms with Crippen LogP contribution in [0.4, 0.5) is 11.4 Å². The number of benzene rings is 3. The summed E-state index contributed by atoms with van der Waals surface area (Å²) in [7, 11) is -8.98. The van der Waals surface area contributed by atoms with Gasteiger partial charge in [0.05, 0.1) is 4.90 Å². The minimum Gasteiger partial charge on any atom is -0.506 e. The van der Waals surface area contributed by atoms with E-state index in [4.69, 9.17) is 0 Å². The zero-order valence-electron chi connectivity index (χ0n) is 15.2. The standard InChI is InChI=1S/C18H16N2O7S2/c1-10-7-11(2)17(16(8-10)29(25,26)27)19-20-18-14-5-4-13(28(22,23)24)9-12(14)3-6-15(18)21/h3-9,21H,1-2H3,(H,22,23,24)(H,25,26,27)/b20-19+. The zero-order chi connectivity index (χ0) is 21.6. The largest absolute Gasteiger partial charge is 0.506 e. The first-order valence-electron chi connectivity index (χ1n) is 8.11. The first kappa shape index (κ1) is 20.9. The van der Waals surface area contributed by atoms with Gasteiger partial charge in [-0.25, -0.2) is 0 Å². The predicted molar refractivity (Wildman–Crippen MR) is 105 cm³/mol. The molecular weight excluding hydrogens is 420 g/mol. The van der Waals surface area contributed by atoms with Crippen molar-refractivity contribution in [1.29, 1.82) is 0 Å². The summed E-state index contributed by atoms with van der Waals surface area (Å²) in [5, 5.41) is 18.7. The van der Waals surface area contributed by atoms with E-state index >= 15 is 0 Å². The number of fused-ring (bicyclic) bond motifs is 1. The average Bonchev–Trinajstić information content (AvgIpc) is 2.59. The Balaban J connectivity index is 2.21. The molecule has 3 aromatic carbocycles. The first-order chi connectivity index (χ1) is 13.4. The topological polar surface area (TPSA) is 154 Å². The zero-order valence-corrected chi connectivity index (χ0v) is 16.9. The highest BCUT2D eigenvalue weighted by molar-refractivity contribution is 7.86. The molecule has 0 amide bonds. The highest BCUT2D eigenvalue weighted by Crippen LogP contribution is 2.38. The van der Waals surface area contributed by atoms with Crippen LogP contribution in [0.25, 0.3) is 10.8 Å². The van der Waals surface area contributed by atoms with Crippen LogP contribution in [0, 0.1) is 13.8 Å². The lowest BCUT2D eigenvalue weighted by Crippen LogP contribution is -2.00. The third-order valence-corrected chi connectivity index (χ3v) is 5.89. The molecule has 0 unspecified atom stereocenters. The van der Waals surface area contributed by atoms with E-state index < -0.39 is 25.1 Å². The van der Waals surface area contributed by atoms with Gasteiger partial charge in [0.1, 0.15) is 22.0 Å². The number of hydrogen-bond donors (Lipinski definition) is 3. The molecule has 3 rings (SSSR count). The number of nitrogens with zero attached hydrogens (tertiary/aromatic N) is 2. The van der Waals surface area contributed by atoms with Gasteiger partial charge in [0, 0.05) is 5.39 Å². The number of azo groups is 1. The quantitative estimate of drug-likeness (QED) is 0.411. The van der Waals surface area contributed by atoms with E-state index in [9.17, 15) is 31.0 Å². The van der Waals surface area contributed by atoms with Crippen molar-refractivity contribution in [2.45, 2.75) is 23.6 Å². The molecule has 0 aliphatic heterocycles. The van der Waals surface area contributed by atoms with Crippen LogP contribution in [0.2, 0.25) is 0 Å². The summed E-state index contributed by atoms with van der Waals surface area (Å²) in [6.07, 6.45) is 0. The lowest BCUT2D eigenvalue weighted by molar-refractivity contribution is 0.477. The van der Waals surface area contributed by atoms with Crippen molar-refractivity contribution >= 4 is 42.4 Å². The van der Waals surface area contributed by atoms with Crippen molar-refractivity contribution in [1.82, 2.24) is 0 Å². The molecule has 0 saturated heterocycles. The molecule has 0 aliphatic carbocycles. The third kappa shape index (κ3) is 4.27. The van der Waals surface area contributed by atoms with Gasteiger partial charge in [0.25, 0.3) is 20.2 Å². The molecule has 0 atom stereocenters. The summed E-state index contributed by atoms with van der Waals surface area (Å²) in [5.41, 5.74) is 0.907. The van der Waals surface area contributed by atoms with Gasteiger partial charge in [-0.05, 0) is 54.6 Å². The van der Waals surface area contributed by atoms with E-state index in [1.807, 2.05) is 0 Å². The van der Waals surface area contributed by atoms with Crippen LogP contribution in [0.3, 0.4) is 0 Å². The Morgan fingerprint density at radius 2 is 1.45 bits per heavy atom. The molecule has 0 aromatic heterocycles. The van der Waals surface area contributed by atoms with Crippen LogP contribution in [0.5, 0.6) is 5.75 Å². The van der Waals surface area contributed by atoms with Crippen LogP contribution in [0.1, 0.15) is 11.1 Å². The van der Waals surface area contributed by atoms with E-state index in [0.717, 1.165) is 6.07 Å². The highest BCUT2D eigenvalue weighted by Gasteiger charge is 2.19. The van der Waals surface area contributed by atoms with E-state index in [2.05, 4.69) is 10.2 Å². The van der Waals surface area contributed by atoms with Gasteiger partial charge in [-0.15, -0.1) is 10.2 Å². The summed E-state index contributed by atoms with van der Waals surface area (Å²) in [4.78, 5) is -0.756. The molecular formula is C18H16N2O7S2. The van der Waals surface area contributed by atoms with E-state index in [1.165, 1.54) is 30.3 Å². The summed E-state index contributed by atoms with van der Waals surface area (Å²) >= 11 is 0. The van der Waals surface area contributed by atoms with Gasteiger partial charge < -0.3 is 5.11 Å². The van der Waals surface area contributed by atoms with Crippen LogP contribution >= 0.6 is 0 Å². The fourth-order valence-electron chi connectivity index (χ4n) is 2.89. The molecule has 0 bridgehead atoms. The smallest absolute Gasteiger partial charge is 0.296 e. The SMILES string of the molecule is Cc1cc(C)c(/N=N/c2c(O)ccc3cc(S(=O)(=O)O)ccc23)c(S(=O)(=O)O)c1. The second-order valence-electron chi connectivity index (χ2n) is 6.39. The lowest BCUT2D eigenvalue weighted by Gasteiger charge is -2.08. The van der Waals surface area contributed by atoms with E-state index in [-0.39, 0.29) is 22.0 Å². The molecule has 0 spiro atoms. The van der Waals surface area contributed by atoms with Crippen molar-refractivity contribution < 1.29 is 31.0 Å². The second kappa shape index (κ2) is 7.19. The molecule has 3 aromatic rings. The number of aryl methyl sites for hydroxylation is 2. The second-order valence-corrected chi connectivity index (χ2v) is 9.21. The van der Waals surface area contributed by atoms with Crippen LogP contribution in [-0.2, 0) is 20.2 Å². The molecule has 0 saturated carbocycles. The van der Waals surface area contributed by atoms with E-state index in [0.29, 0.717) is 21.9 Å². The predicted octanol–water partition coefficient (Wildman–Crippen LogP) is 4.07. The number of hydrogen-bond acceptors (Lipinski definition) is 7. The molecule has 3 N–H and O–H groups in total. The molecule has 0 radical (unpaired) electrons. The molecule has 29 heavy (non-hydrogen) atoms. The van der Waals surface area contributed by atoms with Gasteiger partial charge in [-0.1, -0.05) is 18.2 Å². The van der Waals surface area contributed by atoms with Crippen molar-refractivity contribution in [2.24, 2.45) is 10.2 Å². The van der Waals surface area contributed by atoms with Crippen molar-refractivity contribution in [3.63, 3.8) is 0 Å². The Morgan fingerprint density at radius 1 is 0.793 bits per heavy atom. The van der Waals surface area contributed by atoms with Crippen molar-refractivity contribution in [3.05, 3.63) is 53.6 Å². The third-order valence-electron chi connectivity index (χ3n) is 4.18. The number of rotatable bonds is 4. The maximum Gasteiger partial charge on any atom is 0.296 e. The van der Waals surface area contributed by atoms with Crippen LogP contribution < -0.4 is 0 Å². The number of phenolic OH excluding ortho intramolecular Hbond substituents is 1. The average molecular weight is 436 g/mol. The van der Waals surface area contributed by atoms with Gasteiger partial charge in [-0.3, -0.25) is 9.11 Å². The summed E-state index contributed by atoms with van der Waals surface area (Å²) in [6.45, 7) is 3.25. The van der Waals surface area contributed by atoms with Gasteiger partial charge in [0.15, 0.2) is 0 Å². The minimum absolute atomic E-state index is 0.0364. The Kier molecular flexibility index (Phi) is 5.17. The molecule has 152 valence electrons. The van der Waals surface area contributed by atoms with Gasteiger partial charge in [0.2, 0.25) is 0 Å². The lowest BCUT2D eigenvalue weighted by atomic mass is 10.1. The first-order valence-corrected chi connectivity index (χ1v) is 11.0. The Labute approximate surface area is 166 Å². The summed E-state index contributed by atoms with van der Waals surface area (Å²) in [5.74, 6) is -0.279. The normalized spacial score (nSPS) is 12.7. The molecule has 11 heteroatoms. The number of aromatic hydroxyl groups is 1. The molecule has 0 aliphatic rings. The summed E-state index contributed by atoms with van der Waals surface area (Å²) in [6, 6.07) is 9.26. The summed E-state index contributed by atoms with van der Waals surface area (Å²) < 4.78 is 64.7. The monoisotopic (exact) mass is 436 g/mol. The number of phenols is 1. The highest BCUT2D eigenvalue weighted by atomic mass is 32.2. The Bertz CT molecular complexity index is 1380. The van der Waals surface area contributed by atoms with Crippen molar-refractivity contribution in [3.8, 4) is 5.75 Å². The molecule has 0 fully saturated rings. The maximum absolute atomic E-state index is 11.7. The van der Waals surface area contributed by atoms with E-state index in [1.54, 1.807) is 19.9 Å². The molecule has 0 heterocycles. The fraction of sp³-hybridized carbons (Fsp3) is 0.111. The van der Waals surface area contributed by atoms with Gasteiger partial charge >= 0.3 is 0 Å². The maximum atomic E-state index is 11.7. The van der Waals surface area contributed by atoms with Crippen molar-refractivity contribution in [2.75, 3.05) is 0 Å². The fourth-order valence-corrected chi connectivity index (χ4v) is 4.19. The van der Waals surface area contributed by atoms with Crippen LogP contribution in [-0.4, -0.2) is 31.0 Å². The molecule has 9 nitrogen and oxygen atoms in total. The van der Waals surface area contributed by atoms with Gasteiger partial charge in [-0.2, -0.15) is 16.8 Å². The Hall–Kier alpha value is -2.86.